The Morgan fingerprint density at radius 1 is 1.19 bits per heavy atom. The van der Waals surface area contributed by atoms with Gasteiger partial charge in [-0.2, -0.15) is 0 Å². The highest BCUT2D eigenvalue weighted by atomic mass is 16.5. The van der Waals surface area contributed by atoms with E-state index in [0.717, 1.165) is 22.5 Å². The van der Waals surface area contributed by atoms with Crippen LogP contribution in [0.4, 0.5) is 0 Å². The van der Waals surface area contributed by atoms with Crippen molar-refractivity contribution in [2.45, 2.75) is 0 Å². The molecule has 1 aromatic heterocycles. The second-order valence-electron chi connectivity index (χ2n) is 4.41. The van der Waals surface area contributed by atoms with Crippen LogP contribution in [-0.4, -0.2) is 37.0 Å². The SMILES string of the molecule is COc1cc2c(c(/C=C\C(=O)O)cn2C)c(OC)c1OC. The van der Waals surface area contributed by atoms with Crippen molar-refractivity contribution in [1.29, 1.82) is 0 Å². The van der Waals surface area contributed by atoms with Crippen LogP contribution >= 0.6 is 0 Å². The fourth-order valence-electron chi connectivity index (χ4n) is 2.33. The summed E-state index contributed by atoms with van der Waals surface area (Å²) in [5.74, 6) is 0.532. The molecule has 1 N–H and O–H groups in total. The van der Waals surface area contributed by atoms with Crippen molar-refractivity contribution >= 4 is 22.9 Å². The standard InChI is InChI=1S/C15H17NO5/c1-16-8-9(5-6-12(17)18)13-10(16)7-11(19-2)14(20-3)15(13)21-4/h5-8H,1-4H3,(H,17,18)/b6-5-. The highest BCUT2D eigenvalue weighted by Gasteiger charge is 2.20. The molecule has 0 fully saturated rings. The molecule has 0 bridgehead atoms. The maximum atomic E-state index is 10.7. The topological polar surface area (TPSA) is 69.9 Å². The van der Waals surface area contributed by atoms with Gasteiger partial charge in [0.05, 0.1) is 32.2 Å². The number of nitrogens with zero attached hydrogens (tertiary/aromatic N) is 1. The van der Waals surface area contributed by atoms with Crippen LogP contribution in [0.25, 0.3) is 17.0 Å². The van der Waals surface area contributed by atoms with Gasteiger partial charge in [-0.25, -0.2) is 4.79 Å². The number of aliphatic carboxylic acids is 1. The van der Waals surface area contributed by atoms with E-state index < -0.39 is 5.97 Å². The normalized spacial score (nSPS) is 11.0. The van der Waals surface area contributed by atoms with Crippen LogP contribution in [0.15, 0.2) is 18.3 Å². The van der Waals surface area contributed by atoms with E-state index in [0.29, 0.717) is 17.2 Å². The number of hydrogen-bond acceptors (Lipinski definition) is 4. The van der Waals surface area contributed by atoms with Crippen molar-refractivity contribution in [3.8, 4) is 17.2 Å². The van der Waals surface area contributed by atoms with E-state index in [2.05, 4.69) is 0 Å². The predicted molar refractivity (Wildman–Crippen MR) is 79.2 cm³/mol. The summed E-state index contributed by atoms with van der Waals surface area (Å²) in [6, 6.07) is 1.83. The zero-order chi connectivity index (χ0) is 15.6. The number of rotatable bonds is 5. The molecular formula is C15H17NO5. The fraction of sp³-hybridized carbons (Fsp3) is 0.267. The summed E-state index contributed by atoms with van der Waals surface area (Å²) < 4.78 is 18.0. The van der Waals surface area contributed by atoms with E-state index in [1.54, 1.807) is 7.11 Å². The van der Waals surface area contributed by atoms with Crippen LogP contribution in [0.1, 0.15) is 5.56 Å². The molecule has 0 atom stereocenters. The molecule has 0 aliphatic rings. The van der Waals surface area contributed by atoms with E-state index in [9.17, 15) is 4.79 Å². The van der Waals surface area contributed by atoms with Crippen molar-refractivity contribution in [2.75, 3.05) is 21.3 Å². The quantitative estimate of drug-likeness (QED) is 0.856. The molecule has 6 nitrogen and oxygen atoms in total. The molecule has 0 unspecified atom stereocenters. The van der Waals surface area contributed by atoms with Crippen LogP contribution in [0.5, 0.6) is 17.2 Å². The van der Waals surface area contributed by atoms with Gasteiger partial charge in [0, 0.05) is 31.0 Å². The third kappa shape index (κ3) is 2.52. The Hall–Kier alpha value is -2.63. The van der Waals surface area contributed by atoms with Crippen molar-refractivity contribution in [3.63, 3.8) is 0 Å². The molecule has 1 heterocycles. The van der Waals surface area contributed by atoms with E-state index in [4.69, 9.17) is 19.3 Å². The maximum absolute atomic E-state index is 10.7. The summed E-state index contributed by atoms with van der Waals surface area (Å²) in [4.78, 5) is 10.7. The number of methoxy groups -OCH3 is 3. The van der Waals surface area contributed by atoms with Gasteiger partial charge in [0.1, 0.15) is 0 Å². The fourth-order valence-corrected chi connectivity index (χ4v) is 2.33. The van der Waals surface area contributed by atoms with Crippen LogP contribution in [0.2, 0.25) is 0 Å². The van der Waals surface area contributed by atoms with Crippen molar-refractivity contribution in [2.24, 2.45) is 7.05 Å². The molecule has 21 heavy (non-hydrogen) atoms. The molecule has 1 aromatic carbocycles. The van der Waals surface area contributed by atoms with Crippen LogP contribution < -0.4 is 14.2 Å². The van der Waals surface area contributed by atoms with E-state index >= 15 is 0 Å². The highest BCUT2D eigenvalue weighted by molar-refractivity contribution is 6.00. The molecular weight excluding hydrogens is 274 g/mol. The molecule has 112 valence electrons. The van der Waals surface area contributed by atoms with Gasteiger partial charge in [0.15, 0.2) is 11.5 Å². The molecule has 0 aliphatic carbocycles. The van der Waals surface area contributed by atoms with E-state index in [1.165, 1.54) is 20.3 Å². The summed E-state index contributed by atoms with van der Waals surface area (Å²) >= 11 is 0. The lowest BCUT2D eigenvalue weighted by Crippen LogP contribution is -1.96. The van der Waals surface area contributed by atoms with Gasteiger partial charge in [-0.3, -0.25) is 0 Å². The number of carboxylic acids is 1. The lowest BCUT2D eigenvalue weighted by atomic mass is 10.1. The van der Waals surface area contributed by atoms with Crippen molar-refractivity contribution in [1.82, 2.24) is 4.57 Å². The van der Waals surface area contributed by atoms with Crippen molar-refractivity contribution < 1.29 is 24.1 Å². The smallest absolute Gasteiger partial charge is 0.328 e. The van der Waals surface area contributed by atoms with Gasteiger partial charge < -0.3 is 23.9 Å². The number of carboxylic acid groups (broad SMARTS) is 1. The minimum atomic E-state index is -1.01. The summed E-state index contributed by atoms with van der Waals surface area (Å²) in [6.45, 7) is 0. The van der Waals surface area contributed by atoms with Gasteiger partial charge in [-0.1, -0.05) is 0 Å². The van der Waals surface area contributed by atoms with Crippen LogP contribution in [0.3, 0.4) is 0 Å². The minimum absolute atomic E-state index is 0.476. The second kappa shape index (κ2) is 5.78. The number of ether oxygens (including phenoxy) is 3. The number of carbonyl (C=O) groups is 1. The number of fused-ring (bicyclic) bond motifs is 1. The number of aromatic nitrogens is 1. The largest absolute Gasteiger partial charge is 0.493 e. The van der Waals surface area contributed by atoms with Gasteiger partial charge in [-0.05, 0) is 6.08 Å². The van der Waals surface area contributed by atoms with Crippen LogP contribution in [0, 0.1) is 0 Å². The second-order valence-corrected chi connectivity index (χ2v) is 4.41. The number of aryl methyl sites for hydroxylation is 1. The van der Waals surface area contributed by atoms with Gasteiger partial charge >= 0.3 is 5.97 Å². The molecule has 2 aromatic rings. The van der Waals surface area contributed by atoms with E-state index in [1.807, 2.05) is 23.9 Å². The molecule has 0 amide bonds. The Kier molecular flexibility index (Phi) is 4.07. The average Bonchev–Trinajstić information content (AvgIpc) is 2.79. The lowest BCUT2D eigenvalue weighted by molar-refractivity contribution is -0.131. The zero-order valence-corrected chi connectivity index (χ0v) is 12.3. The first kappa shape index (κ1) is 14.8. The molecule has 6 heteroatoms. The summed E-state index contributed by atoms with van der Waals surface area (Å²) in [7, 11) is 6.49. The molecule has 2 rings (SSSR count). The maximum Gasteiger partial charge on any atom is 0.328 e. The first-order valence-corrected chi connectivity index (χ1v) is 6.22. The molecule has 0 spiro atoms. The Balaban J connectivity index is 2.82. The Morgan fingerprint density at radius 3 is 2.38 bits per heavy atom. The highest BCUT2D eigenvalue weighted by Crippen LogP contribution is 2.45. The molecule has 0 aliphatic heterocycles. The van der Waals surface area contributed by atoms with E-state index in [-0.39, 0.29) is 0 Å². The molecule has 0 radical (unpaired) electrons. The van der Waals surface area contributed by atoms with Crippen molar-refractivity contribution in [3.05, 3.63) is 23.9 Å². The summed E-state index contributed by atoms with van der Waals surface area (Å²) in [5, 5.41) is 9.57. The Bertz CT molecular complexity index is 715. The van der Waals surface area contributed by atoms with Gasteiger partial charge in [0.25, 0.3) is 0 Å². The summed E-state index contributed by atoms with van der Waals surface area (Å²) in [6.07, 6.45) is 4.44. The Morgan fingerprint density at radius 2 is 1.86 bits per heavy atom. The first-order valence-electron chi connectivity index (χ1n) is 6.22. The van der Waals surface area contributed by atoms with Gasteiger partial charge in [-0.15, -0.1) is 0 Å². The third-order valence-corrected chi connectivity index (χ3v) is 3.22. The lowest BCUT2D eigenvalue weighted by Gasteiger charge is -2.14. The monoisotopic (exact) mass is 291 g/mol. The number of benzene rings is 1. The zero-order valence-electron chi connectivity index (χ0n) is 12.3. The average molecular weight is 291 g/mol. The van der Waals surface area contributed by atoms with Gasteiger partial charge in [0.2, 0.25) is 5.75 Å². The molecule has 0 saturated heterocycles. The van der Waals surface area contributed by atoms with Crippen LogP contribution in [-0.2, 0) is 11.8 Å². The Labute approximate surface area is 122 Å². The number of hydrogen-bond donors (Lipinski definition) is 1. The summed E-state index contributed by atoms with van der Waals surface area (Å²) in [5.41, 5.74) is 1.59. The third-order valence-electron chi connectivity index (χ3n) is 3.22. The minimum Gasteiger partial charge on any atom is -0.493 e. The molecule has 0 saturated carbocycles. The predicted octanol–water partition coefficient (Wildman–Crippen LogP) is 2.30. The first-order chi connectivity index (χ1) is 10.0.